The molecule has 168 valence electrons. The van der Waals surface area contributed by atoms with Crippen molar-refractivity contribution in [1.29, 1.82) is 0 Å². The fourth-order valence-corrected chi connectivity index (χ4v) is 6.79. The summed E-state index contributed by atoms with van der Waals surface area (Å²) < 4.78 is 27.7. The Morgan fingerprint density at radius 2 is 1.91 bits per heavy atom. The van der Waals surface area contributed by atoms with Crippen molar-refractivity contribution < 1.29 is 13.2 Å². The van der Waals surface area contributed by atoms with Gasteiger partial charge in [-0.25, -0.2) is 13.4 Å². The number of hydrogen-bond acceptors (Lipinski definition) is 6. The number of sulfonamides is 1. The summed E-state index contributed by atoms with van der Waals surface area (Å²) in [5.41, 5.74) is 2.25. The van der Waals surface area contributed by atoms with Gasteiger partial charge in [0.1, 0.15) is 0 Å². The Kier molecular flexibility index (Phi) is 5.88. The van der Waals surface area contributed by atoms with Gasteiger partial charge in [-0.05, 0) is 55.9 Å². The molecule has 1 aliphatic carbocycles. The fourth-order valence-electron chi connectivity index (χ4n) is 4.87. The van der Waals surface area contributed by atoms with Crippen molar-refractivity contribution >= 4 is 32.4 Å². The van der Waals surface area contributed by atoms with E-state index in [1.165, 1.54) is 16.9 Å². The molecule has 1 aromatic carbocycles. The van der Waals surface area contributed by atoms with Gasteiger partial charge in [0, 0.05) is 30.4 Å². The van der Waals surface area contributed by atoms with Crippen LogP contribution < -0.4 is 4.72 Å². The first-order chi connectivity index (χ1) is 15.5. The molecule has 5 rings (SSSR count). The smallest absolute Gasteiger partial charge is 0.259 e. The summed E-state index contributed by atoms with van der Waals surface area (Å²) >= 11 is 1.24. The van der Waals surface area contributed by atoms with Crippen molar-refractivity contribution in [2.75, 3.05) is 24.4 Å². The predicted molar refractivity (Wildman–Crippen MR) is 126 cm³/mol. The SMILES string of the molecule is O=C1C(N2CCC(c3ccccc3)C2)CCN1C1=CC=C(S(=O)(=O)Nc2nccs2)CC1. The number of carbonyl (C=O) groups excluding carboxylic acids is 1. The molecule has 2 atom stereocenters. The molecule has 3 heterocycles. The molecular weight excluding hydrogens is 444 g/mol. The number of allylic oxidation sites excluding steroid dienone is 4. The highest BCUT2D eigenvalue weighted by molar-refractivity contribution is 7.96. The predicted octanol–water partition coefficient (Wildman–Crippen LogP) is 3.54. The van der Waals surface area contributed by atoms with E-state index in [-0.39, 0.29) is 11.9 Å². The minimum atomic E-state index is -3.62. The van der Waals surface area contributed by atoms with Crippen LogP contribution >= 0.6 is 11.3 Å². The summed E-state index contributed by atoms with van der Waals surface area (Å²) in [5.74, 6) is 0.624. The van der Waals surface area contributed by atoms with Gasteiger partial charge < -0.3 is 4.90 Å². The molecule has 2 saturated heterocycles. The minimum absolute atomic E-state index is 0.0784. The van der Waals surface area contributed by atoms with Gasteiger partial charge in [0.15, 0.2) is 5.13 Å². The van der Waals surface area contributed by atoms with Crippen LogP contribution in [-0.2, 0) is 14.8 Å². The first-order valence-corrected chi connectivity index (χ1v) is 13.3. The van der Waals surface area contributed by atoms with E-state index in [1.54, 1.807) is 23.7 Å². The Bertz CT molecular complexity index is 1140. The molecule has 2 aromatic rings. The number of nitrogens with one attached hydrogen (secondary N) is 1. The van der Waals surface area contributed by atoms with Gasteiger partial charge in [0.05, 0.1) is 10.9 Å². The summed E-state index contributed by atoms with van der Waals surface area (Å²) in [6.07, 6.45) is 7.78. The monoisotopic (exact) mass is 470 g/mol. The number of carbonyl (C=O) groups is 1. The van der Waals surface area contributed by atoms with Crippen LogP contribution in [0.3, 0.4) is 0 Å². The van der Waals surface area contributed by atoms with Gasteiger partial charge in [-0.1, -0.05) is 30.3 Å². The average Bonchev–Trinajstić information content (AvgIpc) is 3.56. The van der Waals surface area contributed by atoms with Crippen LogP contribution in [0.5, 0.6) is 0 Å². The Balaban J connectivity index is 1.24. The molecule has 1 N–H and O–H groups in total. The van der Waals surface area contributed by atoms with E-state index >= 15 is 0 Å². The molecule has 3 aliphatic rings. The third-order valence-electron chi connectivity index (χ3n) is 6.54. The van der Waals surface area contributed by atoms with Crippen LogP contribution in [0.25, 0.3) is 0 Å². The quantitative estimate of drug-likeness (QED) is 0.698. The molecule has 0 saturated carbocycles. The second-order valence-corrected chi connectivity index (χ2v) is 11.0. The first-order valence-electron chi connectivity index (χ1n) is 10.9. The van der Waals surface area contributed by atoms with Crippen LogP contribution in [-0.4, -0.2) is 54.8 Å². The number of amides is 1. The summed E-state index contributed by atoms with van der Waals surface area (Å²) in [6, 6.07) is 10.4. The zero-order valence-corrected chi connectivity index (χ0v) is 19.3. The fraction of sp³-hybridized carbons (Fsp3) is 0.391. The number of anilines is 1. The summed E-state index contributed by atoms with van der Waals surface area (Å²) in [6.45, 7) is 2.54. The summed E-state index contributed by atoms with van der Waals surface area (Å²) in [7, 11) is -3.62. The van der Waals surface area contributed by atoms with Crippen LogP contribution in [0.4, 0.5) is 5.13 Å². The number of nitrogens with zero attached hydrogens (tertiary/aromatic N) is 3. The van der Waals surface area contributed by atoms with E-state index < -0.39 is 10.0 Å². The van der Waals surface area contributed by atoms with Crippen LogP contribution in [0, 0.1) is 0 Å². The number of benzene rings is 1. The summed E-state index contributed by atoms with van der Waals surface area (Å²) in [5, 5.41) is 2.08. The normalized spacial score (nSPS) is 24.5. The zero-order chi connectivity index (χ0) is 22.1. The van der Waals surface area contributed by atoms with E-state index in [0.29, 0.717) is 35.3 Å². The average molecular weight is 471 g/mol. The zero-order valence-electron chi connectivity index (χ0n) is 17.7. The molecule has 2 unspecified atom stereocenters. The molecule has 2 fully saturated rings. The van der Waals surface area contributed by atoms with Gasteiger partial charge in [-0.2, -0.15) is 0 Å². The van der Waals surface area contributed by atoms with Crippen molar-refractivity contribution in [3.63, 3.8) is 0 Å². The minimum Gasteiger partial charge on any atom is -0.315 e. The Morgan fingerprint density at radius 1 is 1.06 bits per heavy atom. The lowest BCUT2D eigenvalue weighted by atomic mass is 9.99. The van der Waals surface area contributed by atoms with Gasteiger partial charge >= 0.3 is 0 Å². The van der Waals surface area contributed by atoms with Crippen molar-refractivity contribution in [2.45, 2.75) is 37.6 Å². The van der Waals surface area contributed by atoms with E-state index in [2.05, 4.69) is 38.9 Å². The lowest BCUT2D eigenvalue weighted by Crippen LogP contribution is -2.40. The van der Waals surface area contributed by atoms with E-state index in [1.807, 2.05) is 11.0 Å². The first kappa shape index (κ1) is 21.4. The van der Waals surface area contributed by atoms with Crippen LogP contribution in [0.2, 0.25) is 0 Å². The molecule has 2 aliphatic heterocycles. The summed E-state index contributed by atoms with van der Waals surface area (Å²) in [4.78, 5) is 21.7. The molecule has 0 spiro atoms. The number of rotatable bonds is 6. The Hall–Kier alpha value is -2.49. The maximum atomic E-state index is 13.2. The van der Waals surface area contributed by atoms with Crippen molar-refractivity contribution in [3.8, 4) is 0 Å². The number of thiazole rings is 1. The van der Waals surface area contributed by atoms with Gasteiger partial charge in [-0.15, -0.1) is 11.3 Å². The largest absolute Gasteiger partial charge is 0.315 e. The molecule has 7 nitrogen and oxygen atoms in total. The van der Waals surface area contributed by atoms with Crippen molar-refractivity contribution in [3.05, 3.63) is 70.2 Å². The molecule has 9 heteroatoms. The third kappa shape index (κ3) is 4.24. The van der Waals surface area contributed by atoms with Gasteiger partial charge in [0.25, 0.3) is 10.0 Å². The van der Waals surface area contributed by atoms with E-state index in [4.69, 9.17) is 0 Å². The maximum Gasteiger partial charge on any atom is 0.259 e. The third-order valence-corrected chi connectivity index (χ3v) is 8.85. The van der Waals surface area contributed by atoms with Crippen molar-refractivity contribution in [2.24, 2.45) is 0 Å². The highest BCUT2D eigenvalue weighted by Crippen LogP contribution is 2.34. The number of likely N-dealkylation sites (tertiary alicyclic amines) is 2. The van der Waals surface area contributed by atoms with E-state index in [9.17, 15) is 13.2 Å². The highest BCUT2D eigenvalue weighted by atomic mass is 32.2. The maximum absolute atomic E-state index is 13.2. The second-order valence-electron chi connectivity index (χ2n) is 8.42. The lowest BCUT2D eigenvalue weighted by Gasteiger charge is -2.26. The topological polar surface area (TPSA) is 82.6 Å². The molecule has 0 bridgehead atoms. The van der Waals surface area contributed by atoms with Crippen LogP contribution in [0.15, 0.2) is 64.7 Å². The lowest BCUT2D eigenvalue weighted by molar-refractivity contribution is -0.130. The van der Waals surface area contributed by atoms with Gasteiger partial charge in [-0.3, -0.25) is 14.4 Å². The molecule has 0 radical (unpaired) electrons. The molecule has 32 heavy (non-hydrogen) atoms. The molecule has 1 amide bonds. The molecular formula is C23H26N4O3S2. The molecule has 1 aromatic heterocycles. The van der Waals surface area contributed by atoms with Crippen molar-refractivity contribution in [1.82, 2.24) is 14.8 Å². The van der Waals surface area contributed by atoms with Gasteiger partial charge in [0.2, 0.25) is 5.91 Å². The van der Waals surface area contributed by atoms with Crippen LogP contribution in [0.1, 0.15) is 37.2 Å². The number of aromatic nitrogens is 1. The van der Waals surface area contributed by atoms with E-state index in [0.717, 1.165) is 31.6 Å². The Labute approximate surface area is 192 Å². The second kappa shape index (κ2) is 8.80. The highest BCUT2D eigenvalue weighted by Gasteiger charge is 2.40. The number of hydrogen-bond donors (Lipinski definition) is 1. The standard InChI is InChI=1S/C23H26N4O3S2/c28-22-21(26-13-10-18(16-26)17-4-2-1-3-5-17)11-14-27(22)19-6-8-20(9-7-19)32(29,30)25-23-24-12-15-31-23/h1-6,8,12,15,18,21H,7,9-11,13-14,16H2,(H,24,25). The Morgan fingerprint density at radius 3 is 2.62 bits per heavy atom.